The van der Waals surface area contributed by atoms with Gasteiger partial charge in [0.25, 0.3) is 13.4 Å². The van der Waals surface area contributed by atoms with E-state index in [4.69, 9.17) is 19.4 Å². The molecule has 0 radical (unpaired) electrons. The molecule has 9 aromatic carbocycles. The van der Waals surface area contributed by atoms with Crippen LogP contribution in [0.2, 0.25) is 0 Å². The Labute approximate surface area is 529 Å². The molecule has 11 aromatic rings. The van der Waals surface area contributed by atoms with Crippen molar-refractivity contribution < 1.29 is 9.47 Å². The van der Waals surface area contributed by atoms with E-state index in [1.54, 1.807) is 0 Å². The Kier molecular flexibility index (Phi) is 12.0. The zero-order valence-electron chi connectivity index (χ0n) is 52.4. The molecule has 438 valence electrons. The second-order valence-corrected chi connectivity index (χ2v) is 28.2. The zero-order valence-corrected chi connectivity index (χ0v) is 52.4. The van der Waals surface area contributed by atoms with Gasteiger partial charge >= 0.3 is 0 Å². The summed E-state index contributed by atoms with van der Waals surface area (Å²) >= 11 is 0. The molecule has 8 nitrogen and oxygen atoms in total. The summed E-state index contributed by atoms with van der Waals surface area (Å²) in [7, 11) is 0. The first-order valence-electron chi connectivity index (χ1n) is 32.1. The molecule has 0 bridgehead atoms. The average Bonchev–Trinajstić information content (AvgIpc) is 0.726. The van der Waals surface area contributed by atoms with Crippen LogP contribution in [0.15, 0.2) is 231 Å². The lowest BCUT2D eigenvalue weighted by atomic mass is 9.31. The Hall–Kier alpha value is -9.79. The first kappa shape index (κ1) is 54.4. The van der Waals surface area contributed by atoms with E-state index in [2.05, 4.69) is 306 Å². The number of aromatic nitrogens is 2. The van der Waals surface area contributed by atoms with Crippen LogP contribution in [0.1, 0.15) is 103 Å². The molecule has 0 N–H and O–H groups in total. The molecule has 0 fully saturated rings. The summed E-state index contributed by atoms with van der Waals surface area (Å²) in [5, 5.41) is 0. The number of nitrogens with zero attached hydrogens (tertiary/aromatic N) is 6. The zero-order chi connectivity index (χ0) is 61.0. The fourth-order valence-corrected chi connectivity index (χ4v) is 15.9. The monoisotopic (exact) mass is 1170 g/mol. The minimum Gasteiger partial charge on any atom is -0.458 e. The number of ether oxygens (including phenoxy) is 2. The Morgan fingerprint density at radius 2 is 0.667 bits per heavy atom. The number of rotatable bonds is 8. The summed E-state index contributed by atoms with van der Waals surface area (Å²) in [6, 6.07) is 83.6. The van der Waals surface area contributed by atoms with Crippen LogP contribution in [0.5, 0.6) is 23.0 Å². The van der Waals surface area contributed by atoms with Crippen LogP contribution in [-0.2, 0) is 21.7 Å². The highest BCUT2D eigenvalue weighted by Gasteiger charge is 2.49. The Bertz CT molecular complexity index is 4350. The van der Waals surface area contributed by atoms with E-state index in [0.29, 0.717) is 0 Å². The Morgan fingerprint density at radius 3 is 1.03 bits per heavy atom. The van der Waals surface area contributed by atoms with Crippen molar-refractivity contribution in [2.24, 2.45) is 0 Å². The van der Waals surface area contributed by atoms with Crippen LogP contribution in [0.3, 0.4) is 0 Å². The third kappa shape index (κ3) is 8.36. The van der Waals surface area contributed by atoms with Crippen molar-refractivity contribution in [3.63, 3.8) is 0 Å². The standard InChI is InChI=1S/C80H70B2N6O2/c1-77(2)41-43-79(5,6)59-45-55(37-39-57(59)77)87-65-35-23-21-33-61(65)81-63-47-64-68(48-67(63)89-69-49-71(83-75(87)73(69)81)85(51-25-13-9-14-26-51)52-27-15-10-16-28-52)90-70-50-72(86(53-29-17-11-18-30-53)54-31-19-12-20-32-54)84-76-74(70)82(64)62-34-22-24-36-66(62)88(76)56-38-40-58-60(46-56)80(7,8)44-42-78(58,3)4/h9-40,45-50H,41-44H2,1-8H3. The van der Waals surface area contributed by atoms with E-state index in [1.165, 1.54) is 33.2 Å². The predicted octanol–water partition coefficient (Wildman–Crippen LogP) is 16.9. The summed E-state index contributed by atoms with van der Waals surface area (Å²) in [6.45, 7) is 18.8. The molecule has 4 aliphatic heterocycles. The molecular formula is C80H70B2N6O2. The smallest absolute Gasteiger partial charge is 0.258 e. The van der Waals surface area contributed by atoms with Gasteiger partial charge in [0.05, 0.1) is 0 Å². The molecule has 0 saturated heterocycles. The van der Waals surface area contributed by atoms with E-state index in [1.807, 2.05) is 0 Å². The fraction of sp³-hybridized carbons (Fsp3) is 0.200. The normalized spacial score (nSPS) is 16.7. The van der Waals surface area contributed by atoms with Crippen LogP contribution in [-0.4, -0.2) is 23.4 Å². The maximum atomic E-state index is 7.59. The second-order valence-electron chi connectivity index (χ2n) is 28.2. The number of hydrogen-bond donors (Lipinski definition) is 0. The van der Waals surface area contributed by atoms with Crippen molar-refractivity contribution in [2.45, 2.75) is 103 Å². The summed E-state index contributed by atoms with van der Waals surface area (Å²) in [5.41, 5.74) is 20.6. The Morgan fingerprint density at radius 1 is 0.333 bits per heavy atom. The Balaban J connectivity index is 0.899. The van der Waals surface area contributed by atoms with Crippen molar-refractivity contribution in [3.8, 4) is 23.0 Å². The van der Waals surface area contributed by atoms with E-state index >= 15 is 0 Å². The lowest BCUT2D eigenvalue weighted by Gasteiger charge is -2.44. The van der Waals surface area contributed by atoms with Gasteiger partial charge in [-0.15, -0.1) is 0 Å². The number of pyridine rings is 2. The summed E-state index contributed by atoms with van der Waals surface area (Å²) in [5.74, 6) is 6.19. The van der Waals surface area contributed by atoms with Crippen molar-refractivity contribution in [1.29, 1.82) is 0 Å². The molecule has 0 amide bonds. The van der Waals surface area contributed by atoms with Gasteiger partial charge in [0.15, 0.2) is 0 Å². The van der Waals surface area contributed by atoms with Crippen molar-refractivity contribution >= 4 is 115 Å². The lowest BCUT2D eigenvalue weighted by Crippen LogP contribution is -2.63. The van der Waals surface area contributed by atoms with Gasteiger partial charge in [-0.3, -0.25) is 19.6 Å². The van der Waals surface area contributed by atoms with E-state index in [9.17, 15) is 0 Å². The quantitative estimate of drug-likeness (QED) is 0.140. The molecular weight excluding hydrogens is 1100 g/mol. The number of anilines is 12. The number of fused-ring (bicyclic) bond motifs is 10. The topological polar surface area (TPSA) is 57.2 Å². The molecule has 10 heteroatoms. The van der Waals surface area contributed by atoms with E-state index in [0.717, 1.165) is 139 Å². The highest BCUT2D eigenvalue weighted by Crippen LogP contribution is 2.53. The molecule has 0 atom stereocenters. The minimum absolute atomic E-state index is 0.0177. The van der Waals surface area contributed by atoms with Crippen molar-refractivity contribution in [1.82, 2.24) is 9.97 Å². The predicted molar refractivity (Wildman–Crippen MR) is 374 cm³/mol. The molecule has 17 rings (SSSR count). The van der Waals surface area contributed by atoms with E-state index in [-0.39, 0.29) is 35.1 Å². The van der Waals surface area contributed by atoms with Crippen LogP contribution < -0.4 is 61.9 Å². The van der Waals surface area contributed by atoms with Gasteiger partial charge in [-0.05, 0) is 176 Å². The highest BCUT2D eigenvalue weighted by atomic mass is 16.5. The van der Waals surface area contributed by atoms with Gasteiger partial charge in [0, 0.05) is 74.6 Å². The molecule has 2 aromatic heterocycles. The molecule has 6 heterocycles. The van der Waals surface area contributed by atoms with Crippen LogP contribution >= 0.6 is 0 Å². The molecule has 90 heavy (non-hydrogen) atoms. The van der Waals surface area contributed by atoms with Gasteiger partial charge in [-0.2, -0.15) is 0 Å². The number of para-hydroxylation sites is 6. The van der Waals surface area contributed by atoms with Crippen LogP contribution in [0.25, 0.3) is 0 Å². The number of benzene rings is 9. The summed E-state index contributed by atoms with van der Waals surface area (Å²) < 4.78 is 15.2. The molecule has 2 aliphatic carbocycles. The van der Waals surface area contributed by atoms with E-state index < -0.39 is 0 Å². The highest BCUT2D eigenvalue weighted by molar-refractivity contribution is 7.02. The maximum Gasteiger partial charge on any atom is 0.258 e. The van der Waals surface area contributed by atoms with Crippen LogP contribution in [0, 0.1) is 0 Å². The molecule has 0 unspecified atom stereocenters. The minimum atomic E-state index is -0.252. The van der Waals surface area contributed by atoms with Crippen LogP contribution in [0.4, 0.5) is 68.8 Å². The average molecular weight is 1170 g/mol. The third-order valence-corrected chi connectivity index (χ3v) is 20.9. The van der Waals surface area contributed by atoms with Crippen molar-refractivity contribution in [3.05, 3.63) is 253 Å². The number of hydrogen-bond acceptors (Lipinski definition) is 8. The largest absolute Gasteiger partial charge is 0.458 e. The summed E-state index contributed by atoms with van der Waals surface area (Å²) in [6.07, 6.45) is 4.49. The van der Waals surface area contributed by atoms with Gasteiger partial charge < -0.3 is 9.47 Å². The maximum absolute atomic E-state index is 7.59. The summed E-state index contributed by atoms with van der Waals surface area (Å²) in [4.78, 5) is 21.2. The van der Waals surface area contributed by atoms with Gasteiger partial charge in [-0.1, -0.05) is 183 Å². The SMILES string of the molecule is CC1(C)CCC(C)(C)c2cc(N3c4ccccc4B4c5cc6c(cc5Oc5cc(N(c7ccccc7)c7ccccc7)nc3c54)Oc3cc(N(c4ccccc4)c4ccccc4)nc4c3B6c3ccccc3N4c3ccc4c(c3)C(C)(C)CCC4(C)C)ccc21. The third-order valence-electron chi connectivity index (χ3n) is 20.9. The van der Waals surface area contributed by atoms with Gasteiger partial charge in [0.2, 0.25) is 0 Å². The molecule has 0 saturated carbocycles. The fourth-order valence-electron chi connectivity index (χ4n) is 15.9. The van der Waals surface area contributed by atoms with Gasteiger partial charge in [-0.25, -0.2) is 9.97 Å². The second kappa shape index (κ2) is 19.9. The van der Waals surface area contributed by atoms with Gasteiger partial charge in [0.1, 0.15) is 46.3 Å². The first-order valence-corrected chi connectivity index (χ1v) is 32.1. The lowest BCUT2D eigenvalue weighted by molar-refractivity contribution is 0.332. The molecule has 6 aliphatic rings. The van der Waals surface area contributed by atoms with Crippen molar-refractivity contribution in [2.75, 3.05) is 19.6 Å². The molecule has 0 spiro atoms. The first-order chi connectivity index (χ1) is 43.6.